The van der Waals surface area contributed by atoms with E-state index in [1.807, 2.05) is 26.0 Å². The third-order valence-electron chi connectivity index (χ3n) is 2.55. The lowest BCUT2D eigenvalue weighted by molar-refractivity contribution is 0.112. The van der Waals surface area contributed by atoms with Gasteiger partial charge >= 0.3 is 0 Å². The van der Waals surface area contributed by atoms with Crippen LogP contribution in [0.15, 0.2) is 30.6 Å². The van der Waals surface area contributed by atoms with Crippen molar-refractivity contribution in [3.05, 3.63) is 53.1 Å². The summed E-state index contributed by atoms with van der Waals surface area (Å²) in [5.41, 5.74) is 2.75. The Kier molecular flexibility index (Phi) is 3.67. The molecule has 0 N–H and O–H groups in total. The van der Waals surface area contributed by atoms with Crippen LogP contribution in [0.25, 0.3) is 0 Å². The molecule has 18 heavy (non-hydrogen) atoms. The van der Waals surface area contributed by atoms with Crippen molar-refractivity contribution in [3.8, 4) is 5.75 Å². The number of aryl methyl sites for hydroxylation is 2. The summed E-state index contributed by atoms with van der Waals surface area (Å²) < 4.78 is 5.64. The molecule has 0 spiro atoms. The first-order valence-corrected chi connectivity index (χ1v) is 5.65. The van der Waals surface area contributed by atoms with Crippen LogP contribution in [0.2, 0.25) is 0 Å². The van der Waals surface area contributed by atoms with Gasteiger partial charge in [0.05, 0.1) is 5.56 Å². The van der Waals surface area contributed by atoms with Crippen molar-refractivity contribution in [2.75, 3.05) is 0 Å². The molecule has 4 nitrogen and oxygen atoms in total. The van der Waals surface area contributed by atoms with Crippen molar-refractivity contribution in [1.82, 2.24) is 9.97 Å². The molecule has 0 amide bonds. The minimum atomic E-state index is 0.295. The van der Waals surface area contributed by atoms with Crippen molar-refractivity contribution in [2.45, 2.75) is 20.5 Å². The average molecular weight is 242 g/mol. The maximum atomic E-state index is 10.5. The zero-order valence-corrected chi connectivity index (χ0v) is 10.4. The van der Waals surface area contributed by atoms with Crippen LogP contribution in [0, 0.1) is 13.8 Å². The maximum Gasteiger partial charge on any atom is 0.166 e. The molecule has 2 rings (SSSR count). The van der Waals surface area contributed by atoms with Gasteiger partial charge in [-0.1, -0.05) is 17.7 Å². The van der Waals surface area contributed by atoms with E-state index in [1.165, 1.54) is 18.0 Å². The summed E-state index contributed by atoms with van der Waals surface area (Å²) in [6.45, 7) is 4.33. The summed E-state index contributed by atoms with van der Waals surface area (Å²) in [6, 6.07) is 5.99. The van der Waals surface area contributed by atoms with Gasteiger partial charge < -0.3 is 4.74 Å². The topological polar surface area (TPSA) is 52.1 Å². The fraction of sp³-hybridized carbons (Fsp3) is 0.214. The Morgan fingerprint density at radius 3 is 2.56 bits per heavy atom. The fourth-order valence-electron chi connectivity index (χ4n) is 1.60. The van der Waals surface area contributed by atoms with Crippen LogP contribution < -0.4 is 4.74 Å². The van der Waals surface area contributed by atoms with E-state index >= 15 is 0 Å². The molecular weight excluding hydrogens is 228 g/mol. The first kappa shape index (κ1) is 12.2. The first-order chi connectivity index (χ1) is 8.69. The van der Waals surface area contributed by atoms with Gasteiger partial charge in [-0.05, 0) is 25.5 Å². The van der Waals surface area contributed by atoms with Crippen molar-refractivity contribution in [2.24, 2.45) is 0 Å². The van der Waals surface area contributed by atoms with Crippen LogP contribution in [0.4, 0.5) is 0 Å². The van der Waals surface area contributed by atoms with E-state index in [2.05, 4.69) is 16.0 Å². The molecule has 92 valence electrons. The van der Waals surface area contributed by atoms with Crippen LogP contribution in [0.3, 0.4) is 0 Å². The van der Waals surface area contributed by atoms with Crippen LogP contribution in [-0.2, 0) is 6.61 Å². The van der Waals surface area contributed by atoms with E-state index < -0.39 is 0 Å². The number of nitrogens with zero attached hydrogens (tertiary/aromatic N) is 2. The lowest BCUT2D eigenvalue weighted by Crippen LogP contribution is -2.02. The second-order valence-electron chi connectivity index (χ2n) is 4.11. The molecule has 0 saturated heterocycles. The van der Waals surface area contributed by atoms with Gasteiger partial charge in [0.1, 0.15) is 12.4 Å². The zero-order valence-electron chi connectivity index (χ0n) is 10.4. The molecule has 0 bridgehead atoms. The molecule has 4 heteroatoms. The molecular formula is C14H14N2O2. The van der Waals surface area contributed by atoms with Crippen LogP contribution in [0.1, 0.15) is 27.3 Å². The van der Waals surface area contributed by atoms with Gasteiger partial charge in [-0.3, -0.25) is 4.79 Å². The van der Waals surface area contributed by atoms with Crippen LogP contribution >= 0.6 is 0 Å². The van der Waals surface area contributed by atoms with Gasteiger partial charge in [-0.25, -0.2) is 9.97 Å². The monoisotopic (exact) mass is 242 g/mol. The van der Waals surface area contributed by atoms with E-state index in [4.69, 9.17) is 4.74 Å². The second kappa shape index (κ2) is 5.40. The van der Waals surface area contributed by atoms with Crippen LogP contribution in [0.5, 0.6) is 5.75 Å². The van der Waals surface area contributed by atoms with Crippen molar-refractivity contribution in [3.63, 3.8) is 0 Å². The molecule has 1 aromatic heterocycles. The second-order valence-corrected chi connectivity index (χ2v) is 4.11. The Balaban J connectivity index is 2.04. The van der Waals surface area contributed by atoms with Gasteiger partial charge in [-0.15, -0.1) is 0 Å². The van der Waals surface area contributed by atoms with Crippen molar-refractivity contribution < 1.29 is 9.53 Å². The Bertz CT molecular complexity index is 550. The maximum absolute atomic E-state index is 10.5. The molecule has 1 heterocycles. The van der Waals surface area contributed by atoms with Gasteiger partial charge in [0, 0.05) is 12.4 Å². The van der Waals surface area contributed by atoms with Crippen molar-refractivity contribution >= 4 is 6.29 Å². The van der Waals surface area contributed by atoms with E-state index in [1.54, 1.807) is 0 Å². The third kappa shape index (κ3) is 2.91. The van der Waals surface area contributed by atoms with Gasteiger partial charge in [0.25, 0.3) is 0 Å². The number of ether oxygens (including phenoxy) is 1. The number of aldehydes is 1. The minimum absolute atomic E-state index is 0.295. The molecule has 0 fully saturated rings. The Morgan fingerprint density at radius 1 is 1.22 bits per heavy atom. The summed E-state index contributed by atoms with van der Waals surface area (Å²) in [7, 11) is 0. The van der Waals surface area contributed by atoms with Gasteiger partial charge in [0.2, 0.25) is 0 Å². The lowest BCUT2D eigenvalue weighted by atomic mass is 10.1. The summed E-state index contributed by atoms with van der Waals surface area (Å²) >= 11 is 0. The van der Waals surface area contributed by atoms with Crippen LogP contribution in [-0.4, -0.2) is 16.3 Å². The third-order valence-corrected chi connectivity index (χ3v) is 2.55. The SMILES string of the molecule is Cc1ccc(OCc2ncc(C=O)cn2)c(C)c1. The largest absolute Gasteiger partial charge is 0.485 e. The molecule has 0 saturated carbocycles. The van der Waals surface area contributed by atoms with E-state index in [0.29, 0.717) is 18.0 Å². The number of carbonyl (C=O) groups is 1. The number of hydrogen-bond donors (Lipinski definition) is 0. The van der Waals surface area contributed by atoms with Crippen molar-refractivity contribution in [1.29, 1.82) is 0 Å². The van der Waals surface area contributed by atoms with E-state index in [-0.39, 0.29) is 0 Å². The molecule has 0 atom stereocenters. The Labute approximate surface area is 106 Å². The number of benzene rings is 1. The quantitative estimate of drug-likeness (QED) is 0.773. The average Bonchev–Trinajstić information content (AvgIpc) is 2.38. The number of rotatable bonds is 4. The predicted octanol–water partition coefficient (Wildman–Crippen LogP) is 2.48. The normalized spacial score (nSPS) is 10.1. The summed E-state index contributed by atoms with van der Waals surface area (Å²) in [6.07, 6.45) is 3.69. The molecule has 0 radical (unpaired) electrons. The molecule has 2 aromatic rings. The molecule has 1 aromatic carbocycles. The van der Waals surface area contributed by atoms with E-state index in [9.17, 15) is 4.79 Å². The highest BCUT2D eigenvalue weighted by atomic mass is 16.5. The number of hydrogen-bond acceptors (Lipinski definition) is 4. The Morgan fingerprint density at radius 2 is 1.94 bits per heavy atom. The van der Waals surface area contributed by atoms with Gasteiger partial charge in [-0.2, -0.15) is 0 Å². The van der Waals surface area contributed by atoms with Gasteiger partial charge in [0.15, 0.2) is 12.1 Å². The molecule has 0 aliphatic carbocycles. The fourth-order valence-corrected chi connectivity index (χ4v) is 1.60. The lowest BCUT2D eigenvalue weighted by Gasteiger charge is -2.08. The number of carbonyl (C=O) groups excluding carboxylic acids is 1. The predicted molar refractivity (Wildman–Crippen MR) is 67.7 cm³/mol. The summed E-state index contributed by atoms with van der Waals surface area (Å²) in [5.74, 6) is 1.38. The zero-order chi connectivity index (χ0) is 13.0. The van der Waals surface area contributed by atoms with E-state index in [0.717, 1.165) is 17.6 Å². The highest BCUT2D eigenvalue weighted by Gasteiger charge is 2.02. The standard InChI is InChI=1S/C14H14N2O2/c1-10-3-4-13(11(2)5-10)18-9-14-15-6-12(8-17)7-16-14/h3-8H,9H2,1-2H3. The highest BCUT2D eigenvalue weighted by molar-refractivity contribution is 5.73. The molecule has 0 unspecified atom stereocenters. The molecule has 0 aliphatic heterocycles. The molecule has 0 aliphatic rings. The Hall–Kier alpha value is -2.23. The first-order valence-electron chi connectivity index (χ1n) is 5.65. The summed E-state index contributed by atoms with van der Waals surface area (Å²) in [5, 5.41) is 0. The number of aromatic nitrogens is 2. The smallest absolute Gasteiger partial charge is 0.166 e. The minimum Gasteiger partial charge on any atom is -0.485 e. The summed E-state index contributed by atoms with van der Waals surface area (Å²) in [4.78, 5) is 18.6. The highest BCUT2D eigenvalue weighted by Crippen LogP contribution is 2.19.